The van der Waals surface area contributed by atoms with Crippen molar-refractivity contribution in [3.63, 3.8) is 0 Å². The van der Waals surface area contributed by atoms with Gasteiger partial charge < -0.3 is 18.3 Å². The molecule has 115 heavy (non-hydrogen) atoms. The number of thiophene rings is 1. The third kappa shape index (κ3) is 8.00. The summed E-state index contributed by atoms with van der Waals surface area (Å²) >= 11 is 2.05. The standard InChI is InChI=1S/C108H74B2N4S/c1-106(2,3)67-42-47-88(79(56-67)61-28-15-10-16-29-61)111-90-55-63-31-18-20-33-70(63)93-77-38-22-36-74-75-45-44-71-68(34-21-35-73(71)99(75)114(100(74)77)110(96(90)93)105-103(111)83-57-85-86(58-91(83)115-105)108(6,7)49-48-107(85,4)5)64-40-43-72-80(50-64)95-84-53-65(59-24-11-8-12-25-59)51-81-82-52-66(60-26-13-9-14-27-60)54-87-102(82)112(98(81)84)104(95)97-94(72)78-39-23-37-76-92-69-32-19-17-30-62(69)41-46-89(92)113(101(76)78)109(87)97/h8-47,50-58H,48-49H2,1-7H3. The van der Waals surface area contributed by atoms with Crippen LogP contribution in [0, 0.1) is 0 Å². The number of fused-ring (bicyclic) bond motifs is 27. The van der Waals surface area contributed by atoms with Gasteiger partial charge in [0.05, 0.1) is 27.9 Å². The van der Waals surface area contributed by atoms with Crippen LogP contribution in [0.15, 0.2) is 297 Å². The first kappa shape index (κ1) is 63.6. The van der Waals surface area contributed by atoms with Gasteiger partial charge in [0.25, 0.3) is 0 Å². The number of nitrogens with zero attached hydrogens (tertiary/aromatic N) is 4. The molecule has 5 aromatic heterocycles. The van der Waals surface area contributed by atoms with Gasteiger partial charge in [0.1, 0.15) is 0 Å². The first-order valence-electron chi connectivity index (χ1n) is 41.2. The quantitative estimate of drug-likeness (QED) is 0.157. The molecule has 0 spiro atoms. The van der Waals surface area contributed by atoms with Crippen LogP contribution in [0.25, 0.3) is 202 Å². The molecule has 0 N–H and O–H groups in total. The number of para-hydroxylation sites is 2. The van der Waals surface area contributed by atoms with E-state index in [1.165, 1.54) is 257 Å². The van der Waals surface area contributed by atoms with Crippen LogP contribution in [0.5, 0.6) is 0 Å². The largest absolute Gasteiger partial charge is 0.375 e. The third-order valence-corrected chi connectivity index (χ3v) is 29.6. The van der Waals surface area contributed by atoms with Crippen molar-refractivity contribution >= 4 is 198 Å². The lowest BCUT2D eigenvalue weighted by molar-refractivity contribution is 0.332. The summed E-state index contributed by atoms with van der Waals surface area (Å²) in [6.45, 7) is 16.8. The molecule has 4 aliphatic heterocycles. The summed E-state index contributed by atoms with van der Waals surface area (Å²) in [6, 6.07) is 116. The first-order chi connectivity index (χ1) is 56.2. The minimum atomic E-state index is -0.170. The summed E-state index contributed by atoms with van der Waals surface area (Å²) in [5.74, 6) is 0. The van der Waals surface area contributed by atoms with Crippen molar-refractivity contribution in [3.05, 3.63) is 314 Å². The Morgan fingerprint density at radius 2 is 0.913 bits per heavy atom. The lowest BCUT2D eigenvalue weighted by Gasteiger charge is -2.42. The molecule has 0 unspecified atom stereocenters. The highest BCUT2D eigenvalue weighted by atomic mass is 32.1. The fourth-order valence-corrected chi connectivity index (χ4v) is 24.5. The zero-order chi connectivity index (χ0) is 75.9. The second-order valence-corrected chi connectivity index (χ2v) is 37.4. The zero-order valence-corrected chi connectivity index (χ0v) is 65.9. The van der Waals surface area contributed by atoms with E-state index in [9.17, 15) is 0 Å². The molecule has 27 rings (SSSR count). The second kappa shape index (κ2) is 21.7. The first-order valence-corrected chi connectivity index (χ1v) is 42.0. The molecule has 22 aromatic rings. The summed E-state index contributed by atoms with van der Waals surface area (Å²) in [5.41, 5.74) is 36.3. The lowest BCUT2D eigenvalue weighted by Crippen LogP contribution is -2.55. The molecule has 9 heterocycles. The van der Waals surface area contributed by atoms with Gasteiger partial charge in [-0.25, -0.2) is 0 Å². The van der Waals surface area contributed by atoms with Crippen molar-refractivity contribution in [1.82, 2.24) is 13.4 Å². The molecular weight excluding hydrogens is 1410 g/mol. The Labute approximate surface area is 669 Å². The van der Waals surface area contributed by atoms with Crippen LogP contribution >= 0.6 is 11.3 Å². The Morgan fingerprint density at radius 3 is 1.65 bits per heavy atom. The molecule has 0 bridgehead atoms. The van der Waals surface area contributed by atoms with E-state index in [0.717, 1.165) is 12.8 Å². The van der Waals surface area contributed by atoms with Crippen LogP contribution in [0.2, 0.25) is 0 Å². The maximum atomic E-state index is 2.87. The van der Waals surface area contributed by atoms with Gasteiger partial charge in [0, 0.05) is 108 Å². The van der Waals surface area contributed by atoms with Crippen molar-refractivity contribution in [2.24, 2.45) is 0 Å². The molecule has 7 heteroatoms. The van der Waals surface area contributed by atoms with E-state index in [0.29, 0.717) is 0 Å². The van der Waals surface area contributed by atoms with Crippen molar-refractivity contribution in [3.8, 4) is 66.8 Å². The van der Waals surface area contributed by atoms with E-state index < -0.39 is 0 Å². The topological polar surface area (TPSA) is 17.5 Å². The fraction of sp³-hybridized carbons (Fsp3) is 0.111. The van der Waals surface area contributed by atoms with Crippen molar-refractivity contribution in [2.45, 2.75) is 77.6 Å². The van der Waals surface area contributed by atoms with Crippen LogP contribution in [0.4, 0.5) is 17.1 Å². The van der Waals surface area contributed by atoms with E-state index in [1.54, 1.807) is 0 Å². The Kier molecular flexibility index (Phi) is 12.0. The van der Waals surface area contributed by atoms with E-state index in [-0.39, 0.29) is 29.9 Å². The summed E-state index contributed by atoms with van der Waals surface area (Å²) < 4.78 is 11.1. The minimum Gasteiger partial charge on any atom is -0.375 e. The van der Waals surface area contributed by atoms with Gasteiger partial charge in [-0.3, -0.25) is 0 Å². The summed E-state index contributed by atoms with van der Waals surface area (Å²) in [7, 11) is 0. The van der Waals surface area contributed by atoms with Gasteiger partial charge in [0.15, 0.2) is 0 Å². The van der Waals surface area contributed by atoms with Crippen molar-refractivity contribution < 1.29 is 0 Å². The number of rotatable bonds is 5. The van der Waals surface area contributed by atoms with Crippen molar-refractivity contribution in [1.29, 1.82) is 0 Å². The fourth-order valence-electron chi connectivity index (χ4n) is 23.1. The monoisotopic (exact) mass is 1480 g/mol. The molecule has 5 aliphatic rings. The average Bonchev–Trinajstić information content (AvgIpc) is 1.56. The van der Waals surface area contributed by atoms with E-state index in [4.69, 9.17) is 0 Å². The molecular formula is C108H74B2N4S. The van der Waals surface area contributed by atoms with E-state index in [2.05, 4.69) is 364 Å². The summed E-state index contributed by atoms with van der Waals surface area (Å²) in [4.78, 5) is 2.76. The maximum Gasteiger partial charge on any atom is 0.343 e. The van der Waals surface area contributed by atoms with Crippen LogP contribution in [0.3, 0.4) is 0 Å². The Morgan fingerprint density at radius 1 is 0.330 bits per heavy atom. The molecule has 0 saturated heterocycles. The molecule has 0 fully saturated rings. The molecule has 17 aromatic carbocycles. The smallest absolute Gasteiger partial charge is 0.343 e. The van der Waals surface area contributed by atoms with Gasteiger partial charge in [-0.05, 0) is 211 Å². The Balaban J connectivity index is 0.755. The van der Waals surface area contributed by atoms with Gasteiger partial charge in [0.2, 0.25) is 0 Å². The number of anilines is 3. The molecule has 4 nitrogen and oxygen atoms in total. The van der Waals surface area contributed by atoms with Crippen LogP contribution in [-0.2, 0) is 16.2 Å². The van der Waals surface area contributed by atoms with E-state index in [1.807, 2.05) is 11.3 Å². The van der Waals surface area contributed by atoms with E-state index >= 15 is 0 Å². The van der Waals surface area contributed by atoms with Crippen molar-refractivity contribution in [2.75, 3.05) is 4.90 Å². The summed E-state index contributed by atoms with van der Waals surface area (Å²) in [6.07, 6.45) is 2.29. The normalized spacial score (nSPS) is 14.9. The second-order valence-electron chi connectivity index (χ2n) is 36.3. The highest BCUT2D eigenvalue weighted by Crippen LogP contribution is 2.58. The predicted molar refractivity (Wildman–Crippen MR) is 495 cm³/mol. The number of hydrogen-bond donors (Lipinski definition) is 0. The molecule has 0 atom stereocenters. The molecule has 1 aliphatic carbocycles. The van der Waals surface area contributed by atoms with Crippen LogP contribution in [0.1, 0.15) is 78.0 Å². The van der Waals surface area contributed by atoms with Gasteiger partial charge in [-0.1, -0.05) is 285 Å². The Hall–Kier alpha value is -12.9. The van der Waals surface area contributed by atoms with Crippen LogP contribution < -0.4 is 26.1 Å². The average molecular weight is 1480 g/mol. The number of benzene rings is 17. The molecule has 0 saturated carbocycles. The SMILES string of the molecule is CC(C)(C)c1ccc(N2c3cc4ccccc4c4c3B(c3sc5cc6c(cc5c32)C(C)(C)CCC6(C)C)n2c3c-4cccc3c3ccc4c(-c5ccc6c7c8c9c(c6c5)c5cc(-c6ccccc6)cc6c%10cc(-c%11ccccc%11)cc(c%10n9c65)B8n5c6ccc8ccccc8c6c6cccc-7c65)cccc4c32)c(-c2ccccc2)c1. The minimum absolute atomic E-state index is 0.00519. The highest BCUT2D eigenvalue weighted by Gasteiger charge is 2.49. The number of aromatic nitrogens is 3. The Bertz CT molecular complexity index is 8270. The van der Waals surface area contributed by atoms with Gasteiger partial charge in [-0.15, -0.1) is 11.3 Å². The van der Waals surface area contributed by atoms with Crippen LogP contribution in [-0.4, -0.2) is 27.1 Å². The highest BCUT2D eigenvalue weighted by molar-refractivity contribution is 7.32. The maximum absolute atomic E-state index is 2.87. The van der Waals surface area contributed by atoms with Gasteiger partial charge >= 0.3 is 13.7 Å². The van der Waals surface area contributed by atoms with Gasteiger partial charge in [-0.2, -0.15) is 0 Å². The lowest BCUT2D eigenvalue weighted by atomic mass is 9.45. The zero-order valence-electron chi connectivity index (χ0n) is 65.1. The summed E-state index contributed by atoms with van der Waals surface area (Å²) in [5, 5.41) is 22.0. The predicted octanol–water partition coefficient (Wildman–Crippen LogP) is 26.6. The third-order valence-electron chi connectivity index (χ3n) is 28.4. The molecule has 538 valence electrons. The molecule has 0 radical (unpaired) electrons. The number of hydrogen-bond acceptors (Lipinski definition) is 2. The molecule has 0 amide bonds.